The van der Waals surface area contributed by atoms with Gasteiger partial charge in [0.15, 0.2) is 0 Å². The number of aliphatic hydroxyl groups is 1. The third kappa shape index (κ3) is 4.00. The Morgan fingerprint density at radius 3 is 2.39 bits per heavy atom. The summed E-state index contributed by atoms with van der Waals surface area (Å²) in [5.74, 6) is -0.912. The highest BCUT2D eigenvalue weighted by atomic mass is 16.4. The predicted molar refractivity (Wildman–Crippen MR) is 71.4 cm³/mol. The highest BCUT2D eigenvalue weighted by Crippen LogP contribution is 2.26. The van der Waals surface area contributed by atoms with Crippen molar-refractivity contribution < 1.29 is 15.0 Å². The molecule has 0 amide bonds. The summed E-state index contributed by atoms with van der Waals surface area (Å²) in [6.07, 6.45) is 2.69. The molecule has 3 nitrogen and oxygen atoms in total. The minimum atomic E-state index is -0.928. The van der Waals surface area contributed by atoms with Crippen molar-refractivity contribution >= 4 is 5.97 Å². The Bertz CT molecular complexity index is 441. The summed E-state index contributed by atoms with van der Waals surface area (Å²) < 4.78 is 0. The van der Waals surface area contributed by atoms with Crippen molar-refractivity contribution in [2.24, 2.45) is 0 Å². The van der Waals surface area contributed by atoms with Crippen LogP contribution in [0.5, 0.6) is 0 Å². The summed E-state index contributed by atoms with van der Waals surface area (Å²) in [7, 11) is 0. The summed E-state index contributed by atoms with van der Waals surface area (Å²) in [6, 6.07) is 7.73. The van der Waals surface area contributed by atoms with Crippen LogP contribution in [0.15, 0.2) is 35.9 Å². The molecule has 0 heterocycles. The molecule has 1 aromatic rings. The fourth-order valence-electron chi connectivity index (χ4n) is 1.71. The van der Waals surface area contributed by atoms with E-state index in [9.17, 15) is 9.90 Å². The number of carbonyl (C=O) groups is 1. The molecule has 0 aliphatic rings. The summed E-state index contributed by atoms with van der Waals surface area (Å²) in [5.41, 5.74) is 1.39. The second kappa shape index (κ2) is 5.83. The lowest BCUT2D eigenvalue weighted by atomic mass is 9.90. The third-order valence-corrected chi connectivity index (χ3v) is 3.09. The first-order valence-corrected chi connectivity index (χ1v) is 6.02. The van der Waals surface area contributed by atoms with E-state index in [1.165, 1.54) is 0 Å². The van der Waals surface area contributed by atoms with E-state index < -0.39 is 11.6 Å². The van der Waals surface area contributed by atoms with Crippen LogP contribution in [0.2, 0.25) is 0 Å². The number of hydrogen-bond acceptors (Lipinski definition) is 2. The zero-order valence-electron chi connectivity index (χ0n) is 11.1. The minimum Gasteiger partial charge on any atom is -0.478 e. The van der Waals surface area contributed by atoms with Crippen LogP contribution in [0.1, 0.15) is 37.8 Å². The van der Waals surface area contributed by atoms with Crippen LogP contribution in [0.25, 0.3) is 0 Å². The van der Waals surface area contributed by atoms with Crippen LogP contribution >= 0.6 is 0 Å². The van der Waals surface area contributed by atoms with Gasteiger partial charge in [-0.25, -0.2) is 4.79 Å². The maximum absolute atomic E-state index is 10.6. The van der Waals surface area contributed by atoms with E-state index in [1.807, 2.05) is 31.2 Å². The molecule has 0 saturated carbocycles. The Kier molecular flexibility index (Phi) is 4.68. The Morgan fingerprint density at radius 2 is 1.89 bits per heavy atom. The summed E-state index contributed by atoms with van der Waals surface area (Å²) in [5, 5.41) is 19.1. The molecular weight excluding hydrogens is 228 g/mol. The van der Waals surface area contributed by atoms with Crippen LogP contribution in [0, 0.1) is 6.92 Å². The Morgan fingerprint density at radius 1 is 1.33 bits per heavy atom. The molecule has 1 aromatic carbocycles. The van der Waals surface area contributed by atoms with Gasteiger partial charge < -0.3 is 10.2 Å². The quantitative estimate of drug-likeness (QED) is 0.787. The number of benzene rings is 1. The fraction of sp³-hybridized carbons (Fsp3) is 0.400. The average Bonchev–Trinajstić information content (AvgIpc) is 2.29. The van der Waals surface area contributed by atoms with Crippen molar-refractivity contribution in [1.82, 2.24) is 0 Å². The zero-order chi connectivity index (χ0) is 13.8. The first-order valence-electron chi connectivity index (χ1n) is 6.02. The van der Waals surface area contributed by atoms with Crippen molar-refractivity contribution in [3.63, 3.8) is 0 Å². The van der Waals surface area contributed by atoms with E-state index in [0.717, 1.165) is 11.1 Å². The average molecular weight is 248 g/mol. The summed E-state index contributed by atoms with van der Waals surface area (Å²) in [6.45, 7) is 5.31. The Hall–Kier alpha value is -1.61. The molecule has 0 bridgehead atoms. The molecule has 18 heavy (non-hydrogen) atoms. The number of aryl methyl sites for hydroxylation is 1. The predicted octanol–water partition coefficient (Wildman–Crippen LogP) is 3.01. The molecule has 98 valence electrons. The third-order valence-electron chi connectivity index (χ3n) is 3.09. The van der Waals surface area contributed by atoms with Gasteiger partial charge in [-0.15, -0.1) is 0 Å². The number of allylic oxidation sites excluding steroid dienone is 1. The molecule has 2 N–H and O–H groups in total. The van der Waals surface area contributed by atoms with Gasteiger partial charge in [-0.3, -0.25) is 0 Å². The van der Waals surface area contributed by atoms with Crippen LogP contribution in [-0.2, 0) is 10.4 Å². The Labute approximate surface area is 108 Å². The SMILES string of the molecule is C/C(=C/CC[C@](C)(O)c1ccc(C)cc1)C(=O)O. The van der Waals surface area contributed by atoms with Gasteiger partial charge in [0, 0.05) is 5.57 Å². The van der Waals surface area contributed by atoms with E-state index in [4.69, 9.17) is 5.11 Å². The molecule has 0 spiro atoms. The number of rotatable bonds is 5. The van der Waals surface area contributed by atoms with Gasteiger partial charge in [-0.05, 0) is 39.2 Å². The molecule has 0 radical (unpaired) electrons. The van der Waals surface area contributed by atoms with Crippen molar-refractivity contribution in [3.05, 3.63) is 47.0 Å². The lowest BCUT2D eigenvalue weighted by Gasteiger charge is -2.23. The topological polar surface area (TPSA) is 57.5 Å². The number of aliphatic carboxylic acids is 1. The maximum Gasteiger partial charge on any atom is 0.330 e. The van der Waals surface area contributed by atoms with Crippen molar-refractivity contribution in [2.45, 2.75) is 39.2 Å². The van der Waals surface area contributed by atoms with Gasteiger partial charge in [-0.2, -0.15) is 0 Å². The monoisotopic (exact) mass is 248 g/mol. The first-order chi connectivity index (χ1) is 8.33. The van der Waals surface area contributed by atoms with Gasteiger partial charge in [0.05, 0.1) is 5.60 Å². The van der Waals surface area contributed by atoms with Crippen molar-refractivity contribution in [3.8, 4) is 0 Å². The van der Waals surface area contributed by atoms with E-state index in [1.54, 1.807) is 19.9 Å². The maximum atomic E-state index is 10.6. The van der Waals surface area contributed by atoms with E-state index in [-0.39, 0.29) is 0 Å². The summed E-state index contributed by atoms with van der Waals surface area (Å²) in [4.78, 5) is 10.6. The first kappa shape index (κ1) is 14.5. The molecule has 0 saturated heterocycles. The summed E-state index contributed by atoms with van der Waals surface area (Å²) >= 11 is 0. The van der Waals surface area contributed by atoms with Gasteiger partial charge >= 0.3 is 5.97 Å². The van der Waals surface area contributed by atoms with E-state index >= 15 is 0 Å². The highest BCUT2D eigenvalue weighted by Gasteiger charge is 2.21. The minimum absolute atomic E-state index is 0.315. The molecular formula is C15H20O3. The van der Waals surface area contributed by atoms with Crippen LogP contribution in [-0.4, -0.2) is 16.2 Å². The smallest absolute Gasteiger partial charge is 0.330 e. The molecule has 0 aromatic heterocycles. The molecule has 0 unspecified atom stereocenters. The second-order valence-corrected chi connectivity index (χ2v) is 4.87. The van der Waals surface area contributed by atoms with Gasteiger partial charge in [0.2, 0.25) is 0 Å². The molecule has 0 aliphatic heterocycles. The normalized spacial score (nSPS) is 15.2. The lowest BCUT2D eigenvalue weighted by Crippen LogP contribution is -2.20. The number of hydrogen-bond donors (Lipinski definition) is 2. The van der Waals surface area contributed by atoms with E-state index in [2.05, 4.69) is 0 Å². The molecule has 1 rings (SSSR count). The Balaban J connectivity index is 2.68. The number of carboxylic acids is 1. The van der Waals surface area contributed by atoms with E-state index in [0.29, 0.717) is 18.4 Å². The molecule has 0 aliphatic carbocycles. The second-order valence-electron chi connectivity index (χ2n) is 4.87. The fourth-order valence-corrected chi connectivity index (χ4v) is 1.71. The largest absolute Gasteiger partial charge is 0.478 e. The van der Waals surface area contributed by atoms with Gasteiger partial charge in [0.1, 0.15) is 0 Å². The zero-order valence-corrected chi connectivity index (χ0v) is 11.1. The van der Waals surface area contributed by atoms with Crippen LogP contribution in [0.4, 0.5) is 0 Å². The van der Waals surface area contributed by atoms with Crippen molar-refractivity contribution in [2.75, 3.05) is 0 Å². The molecule has 1 atom stereocenters. The molecule has 0 fully saturated rings. The van der Waals surface area contributed by atoms with Gasteiger partial charge in [0.25, 0.3) is 0 Å². The molecule has 3 heteroatoms. The van der Waals surface area contributed by atoms with Crippen LogP contribution < -0.4 is 0 Å². The van der Waals surface area contributed by atoms with Gasteiger partial charge in [-0.1, -0.05) is 35.9 Å². The highest BCUT2D eigenvalue weighted by molar-refractivity contribution is 5.85. The standard InChI is InChI=1S/C15H20O3/c1-11-6-8-13(9-7-11)15(3,18)10-4-5-12(2)14(16)17/h5-9,18H,4,10H2,1-3H3,(H,16,17)/b12-5-/t15-/m0/s1. The lowest BCUT2D eigenvalue weighted by molar-refractivity contribution is -0.132. The van der Waals surface area contributed by atoms with Crippen LogP contribution in [0.3, 0.4) is 0 Å². The number of carboxylic acid groups (broad SMARTS) is 1. The van der Waals surface area contributed by atoms with Crippen molar-refractivity contribution in [1.29, 1.82) is 0 Å².